The van der Waals surface area contributed by atoms with Crippen molar-refractivity contribution in [2.75, 3.05) is 31.7 Å². The van der Waals surface area contributed by atoms with Gasteiger partial charge in [-0.15, -0.1) is 0 Å². The molecule has 0 aliphatic carbocycles. The largest absolute Gasteiger partial charge is 0.368 e. The van der Waals surface area contributed by atoms with E-state index >= 15 is 0 Å². The Morgan fingerprint density at radius 1 is 1.47 bits per heavy atom. The topological polar surface area (TPSA) is 67.1 Å². The zero-order valence-corrected chi connectivity index (χ0v) is 11.5. The third-order valence-electron chi connectivity index (χ3n) is 2.45. The van der Waals surface area contributed by atoms with Crippen LogP contribution in [0.3, 0.4) is 0 Å². The van der Waals surface area contributed by atoms with E-state index in [1.165, 1.54) is 6.20 Å². The lowest BCUT2D eigenvalue weighted by Gasteiger charge is -2.26. The minimum absolute atomic E-state index is 0.226. The highest BCUT2D eigenvalue weighted by Crippen LogP contribution is 2.21. The molecule has 3 N–H and O–H groups in total. The molecule has 96 valence electrons. The quantitative estimate of drug-likeness (QED) is 0.841. The lowest BCUT2D eigenvalue weighted by Crippen LogP contribution is -2.36. The molecule has 0 spiro atoms. The molecule has 0 radical (unpaired) electrons. The Kier molecular flexibility index (Phi) is 4.96. The molecule has 1 rings (SSSR count). The summed E-state index contributed by atoms with van der Waals surface area (Å²) in [6, 6.07) is 0.261. The van der Waals surface area contributed by atoms with Crippen LogP contribution in [0.4, 0.5) is 11.8 Å². The van der Waals surface area contributed by atoms with Crippen LogP contribution in [0.15, 0.2) is 6.20 Å². The van der Waals surface area contributed by atoms with Crippen molar-refractivity contribution in [3.05, 3.63) is 11.2 Å². The summed E-state index contributed by atoms with van der Waals surface area (Å²) in [5.74, 6) is 1.29. The zero-order chi connectivity index (χ0) is 13.0. The lowest BCUT2D eigenvalue weighted by molar-refractivity contribution is 0.344. The minimum atomic E-state index is 0.226. The summed E-state index contributed by atoms with van der Waals surface area (Å²) < 4.78 is 0. The number of rotatable bonds is 5. The van der Waals surface area contributed by atoms with Crippen LogP contribution in [-0.2, 0) is 0 Å². The highest BCUT2D eigenvalue weighted by molar-refractivity contribution is 6.32. The van der Waals surface area contributed by atoms with Gasteiger partial charge in [-0.2, -0.15) is 4.98 Å². The molecule has 1 aromatic heterocycles. The summed E-state index contributed by atoms with van der Waals surface area (Å²) in [5, 5.41) is 3.80. The van der Waals surface area contributed by atoms with Crippen LogP contribution < -0.4 is 11.1 Å². The van der Waals surface area contributed by atoms with E-state index in [0.29, 0.717) is 16.8 Å². The van der Waals surface area contributed by atoms with Crippen LogP contribution in [0.1, 0.15) is 13.8 Å². The second-order valence-electron chi connectivity index (χ2n) is 4.68. The molecule has 1 heterocycles. The molecule has 17 heavy (non-hydrogen) atoms. The average Bonchev–Trinajstić information content (AvgIpc) is 2.21. The van der Waals surface area contributed by atoms with Gasteiger partial charge in [-0.3, -0.25) is 0 Å². The summed E-state index contributed by atoms with van der Waals surface area (Å²) >= 11 is 6.02. The molecule has 1 aromatic rings. The van der Waals surface area contributed by atoms with Gasteiger partial charge in [0.25, 0.3) is 0 Å². The van der Waals surface area contributed by atoms with E-state index in [4.69, 9.17) is 17.3 Å². The van der Waals surface area contributed by atoms with E-state index in [1.807, 2.05) is 14.1 Å². The molecule has 0 bridgehead atoms. The van der Waals surface area contributed by atoms with Crippen LogP contribution in [0.25, 0.3) is 0 Å². The van der Waals surface area contributed by atoms with Crippen LogP contribution in [0.2, 0.25) is 5.02 Å². The Balaban J connectivity index is 2.81. The third-order valence-corrected chi connectivity index (χ3v) is 2.73. The van der Waals surface area contributed by atoms with Crippen molar-refractivity contribution >= 4 is 23.4 Å². The smallest absolute Gasteiger partial charge is 0.222 e. The van der Waals surface area contributed by atoms with Gasteiger partial charge in [-0.25, -0.2) is 4.98 Å². The van der Waals surface area contributed by atoms with Gasteiger partial charge in [0, 0.05) is 12.6 Å². The van der Waals surface area contributed by atoms with Gasteiger partial charge in [0.15, 0.2) is 5.82 Å². The molecular weight excluding hydrogens is 238 g/mol. The fraction of sp³-hybridized carbons (Fsp3) is 0.636. The van der Waals surface area contributed by atoms with Gasteiger partial charge < -0.3 is 16.0 Å². The number of halogens is 1. The van der Waals surface area contributed by atoms with Crippen molar-refractivity contribution < 1.29 is 0 Å². The van der Waals surface area contributed by atoms with E-state index in [0.717, 1.165) is 6.54 Å². The maximum Gasteiger partial charge on any atom is 0.222 e. The standard InChI is InChI=1S/C11H20ClN5/c1-7(2)9(6-17(3)4)15-10-8(12)5-14-11(13)16-10/h5,7,9H,6H2,1-4H3,(H3,13,14,15,16). The maximum atomic E-state index is 6.02. The molecule has 0 aliphatic rings. The van der Waals surface area contributed by atoms with Gasteiger partial charge in [0.05, 0.1) is 6.20 Å². The molecule has 0 aromatic carbocycles. The number of anilines is 2. The number of aromatic nitrogens is 2. The molecule has 0 fully saturated rings. The van der Waals surface area contributed by atoms with E-state index in [-0.39, 0.29) is 12.0 Å². The molecule has 0 aliphatic heterocycles. The Morgan fingerprint density at radius 3 is 2.65 bits per heavy atom. The summed E-state index contributed by atoms with van der Waals surface area (Å²) in [4.78, 5) is 10.1. The fourth-order valence-corrected chi connectivity index (χ4v) is 1.62. The van der Waals surface area contributed by atoms with Crippen molar-refractivity contribution in [1.29, 1.82) is 0 Å². The molecule has 1 atom stereocenters. The zero-order valence-electron chi connectivity index (χ0n) is 10.7. The average molecular weight is 258 g/mol. The molecule has 1 unspecified atom stereocenters. The van der Waals surface area contributed by atoms with Gasteiger partial charge >= 0.3 is 0 Å². The second-order valence-corrected chi connectivity index (χ2v) is 5.09. The lowest BCUT2D eigenvalue weighted by atomic mass is 10.0. The summed E-state index contributed by atoms with van der Waals surface area (Å²) in [7, 11) is 4.07. The summed E-state index contributed by atoms with van der Waals surface area (Å²) in [6.07, 6.45) is 1.51. The second kappa shape index (κ2) is 6.02. The van der Waals surface area contributed by atoms with Gasteiger partial charge in [0.1, 0.15) is 5.02 Å². The highest BCUT2D eigenvalue weighted by atomic mass is 35.5. The fourth-order valence-electron chi connectivity index (χ4n) is 1.47. The van der Waals surface area contributed by atoms with Crippen molar-refractivity contribution in [1.82, 2.24) is 14.9 Å². The molecule has 0 saturated heterocycles. The first-order valence-corrected chi connectivity index (χ1v) is 5.97. The normalized spacial score (nSPS) is 13.1. The van der Waals surface area contributed by atoms with Crippen LogP contribution in [0, 0.1) is 5.92 Å². The van der Waals surface area contributed by atoms with E-state index in [1.54, 1.807) is 0 Å². The monoisotopic (exact) mass is 257 g/mol. The Morgan fingerprint density at radius 2 is 2.12 bits per heavy atom. The molecular formula is C11H20ClN5. The Hall–Kier alpha value is -1.07. The van der Waals surface area contributed by atoms with E-state index < -0.39 is 0 Å². The van der Waals surface area contributed by atoms with E-state index in [2.05, 4.69) is 34.0 Å². The SMILES string of the molecule is CC(C)C(CN(C)C)Nc1nc(N)ncc1Cl. The van der Waals surface area contributed by atoms with Crippen molar-refractivity contribution in [3.8, 4) is 0 Å². The molecule has 6 heteroatoms. The predicted octanol–water partition coefficient (Wildman–Crippen LogP) is 1.71. The van der Waals surface area contributed by atoms with Crippen LogP contribution in [-0.4, -0.2) is 41.5 Å². The first-order chi connectivity index (χ1) is 7.90. The third kappa shape index (κ3) is 4.36. The van der Waals surface area contributed by atoms with Gasteiger partial charge in [0.2, 0.25) is 5.95 Å². The summed E-state index contributed by atoms with van der Waals surface area (Å²) in [6.45, 7) is 5.21. The van der Waals surface area contributed by atoms with Crippen molar-refractivity contribution in [2.24, 2.45) is 5.92 Å². The number of nitrogens with zero attached hydrogens (tertiary/aromatic N) is 3. The number of hydrogen-bond donors (Lipinski definition) is 2. The highest BCUT2D eigenvalue weighted by Gasteiger charge is 2.16. The maximum absolute atomic E-state index is 6.02. The van der Waals surface area contributed by atoms with Crippen LogP contribution >= 0.6 is 11.6 Å². The number of likely N-dealkylation sites (N-methyl/N-ethyl adjacent to an activating group) is 1. The van der Waals surface area contributed by atoms with Gasteiger partial charge in [-0.1, -0.05) is 25.4 Å². The van der Waals surface area contributed by atoms with Gasteiger partial charge in [-0.05, 0) is 20.0 Å². The van der Waals surface area contributed by atoms with E-state index in [9.17, 15) is 0 Å². The number of nitrogens with one attached hydrogen (secondary N) is 1. The number of nitrogens with two attached hydrogens (primary N) is 1. The summed E-state index contributed by atoms with van der Waals surface area (Å²) in [5.41, 5.74) is 5.55. The first kappa shape index (κ1) is 14.0. The molecule has 0 amide bonds. The van der Waals surface area contributed by atoms with Crippen molar-refractivity contribution in [2.45, 2.75) is 19.9 Å². The molecule has 5 nitrogen and oxygen atoms in total. The number of hydrogen-bond acceptors (Lipinski definition) is 5. The number of nitrogen functional groups attached to an aromatic ring is 1. The molecule has 0 saturated carbocycles. The first-order valence-electron chi connectivity index (χ1n) is 5.59. The van der Waals surface area contributed by atoms with Crippen LogP contribution in [0.5, 0.6) is 0 Å². The Labute approximate surface area is 107 Å². The minimum Gasteiger partial charge on any atom is -0.368 e. The Bertz CT molecular complexity index is 367. The predicted molar refractivity (Wildman–Crippen MR) is 72.3 cm³/mol. The van der Waals surface area contributed by atoms with Crippen molar-refractivity contribution in [3.63, 3.8) is 0 Å².